The van der Waals surface area contributed by atoms with E-state index in [0.717, 1.165) is 0 Å². The average molecular weight is 236 g/mol. The van der Waals surface area contributed by atoms with Crippen LogP contribution in [-0.2, 0) is 33.6 Å². The standard InChI is InChI=1S/C3H8O8S2/c1-3(2)9-13(7,8)11-10-12(4,5)6/h3H,1-2H3,(H,4,5,6). The van der Waals surface area contributed by atoms with Gasteiger partial charge in [0.05, 0.1) is 6.10 Å². The van der Waals surface area contributed by atoms with Crippen LogP contribution in [-0.4, -0.2) is 27.5 Å². The lowest BCUT2D eigenvalue weighted by molar-refractivity contribution is -0.110. The van der Waals surface area contributed by atoms with Crippen molar-refractivity contribution < 1.29 is 34.2 Å². The Morgan fingerprint density at radius 3 is 1.85 bits per heavy atom. The summed E-state index contributed by atoms with van der Waals surface area (Å²) in [7, 11) is -9.55. The van der Waals surface area contributed by atoms with Gasteiger partial charge in [0.1, 0.15) is 0 Å². The first-order valence-corrected chi connectivity index (χ1v) is 5.60. The lowest BCUT2D eigenvalue weighted by Crippen LogP contribution is -2.17. The van der Waals surface area contributed by atoms with Gasteiger partial charge in [-0.25, -0.2) is 4.18 Å². The molecule has 0 amide bonds. The smallest absolute Gasteiger partial charge is 0.262 e. The highest BCUT2D eigenvalue weighted by atomic mass is 32.3. The van der Waals surface area contributed by atoms with E-state index >= 15 is 0 Å². The maximum absolute atomic E-state index is 10.5. The zero-order valence-corrected chi connectivity index (χ0v) is 8.33. The van der Waals surface area contributed by atoms with Crippen LogP contribution < -0.4 is 0 Å². The van der Waals surface area contributed by atoms with Gasteiger partial charge in [-0.15, -0.1) is 0 Å². The Kier molecular flexibility index (Phi) is 4.22. The van der Waals surface area contributed by atoms with Crippen LogP contribution in [0.25, 0.3) is 0 Å². The lowest BCUT2D eigenvalue weighted by Gasteiger charge is -2.04. The maximum atomic E-state index is 10.5. The first-order valence-electron chi connectivity index (χ1n) is 2.91. The molecule has 0 fully saturated rings. The molecule has 0 aliphatic heterocycles. The first-order chi connectivity index (χ1) is 5.62. The summed E-state index contributed by atoms with van der Waals surface area (Å²) in [5, 5.41) is 0. The third-order valence-corrected chi connectivity index (χ3v) is 1.69. The molecule has 0 atom stereocenters. The molecule has 0 aromatic rings. The minimum atomic E-state index is -4.97. The van der Waals surface area contributed by atoms with Crippen molar-refractivity contribution >= 4 is 20.8 Å². The fraction of sp³-hybridized carbons (Fsp3) is 1.00. The van der Waals surface area contributed by atoms with Crippen LogP contribution in [0.3, 0.4) is 0 Å². The largest absolute Gasteiger partial charge is 0.427 e. The highest BCUT2D eigenvalue weighted by Crippen LogP contribution is 2.03. The Morgan fingerprint density at radius 2 is 1.54 bits per heavy atom. The highest BCUT2D eigenvalue weighted by Gasteiger charge is 2.19. The molecule has 0 rings (SSSR count). The molecular weight excluding hydrogens is 228 g/mol. The molecule has 0 saturated heterocycles. The maximum Gasteiger partial charge on any atom is 0.427 e. The van der Waals surface area contributed by atoms with Crippen LogP contribution in [0, 0.1) is 0 Å². The van der Waals surface area contributed by atoms with Gasteiger partial charge >= 0.3 is 20.8 Å². The van der Waals surface area contributed by atoms with Crippen LogP contribution >= 0.6 is 0 Å². The van der Waals surface area contributed by atoms with E-state index in [4.69, 9.17) is 4.55 Å². The summed E-state index contributed by atoms with van der Waals surface area (Å²) < 4.78 is 59.2. The Hall–Kier alpha value is -0.260. The molecule has 0 aromatic heterocycles. The lowest BCUT2D eigenvalue weighted by atomic mass is 10.5. The Bertz CT molecular complexity index is 336. The van der Waals surface area contributed by atoms with E-state index in [0.29, 0.717) is 0 Å². The van der Waals surface area contributed by atoms with Gasteiger partial charge in [0, 0.05) is 0 Å². The second kappa shape index (κ2) is 4.30. The van der Waals surface area contributed by atoms with E-state index in [1.165, 1.54) is 13.8 Å². The zero-order chi connectivity index (χ0) is 10.7. The second-order valence-electron chi connectivity index (χ2n) is 2.12. The molecule has 1 N–H and O–H groups in total. The SMILES string of the molecule is CC(C)OS(=O)(=O)OOS(=O)(=O)O. The third kappa shape index (κ3) is 8.08. The van der Waals surface area contributed by atoms with E-state index in [9.17, 15) is 16.8 Å². The van der Waals surface area contributed by atoms with Crippen LogP contribution in [0.15, 0.2) is 0 Å². The summed E-state index contributed by atoms with van der Waals surface area (Å²) in [6, 6.07) is 0. The van der Waals surface area contributed by atoms with Gasteiger partial charge in [0.25, 0.3) is 0 Å². The van der Waals surface area contributed by atoms with E-state index in [1.54, 1.807) is 0 Å². The Morgan fingerprint density at radius 1 is 1.08 bits per heavy atom. The van der Waals surface area contributed by atoms with E-state index in [-0.39, 0.29) is 0 Å². The molecule has 0 aliphatic carbocycles. The van der Waals surface area contributed by atoms with Crippen LogP contribution in [0.2, 0.25) is 0 Å². The van der Waals surface area contributed by atoms with Gasteiger partial charge in [-0.2, -0.15) is 16.8 Å². The molecule has 0 saturated carbocycles. The molecule has 80 valence electrons. The Labute approximate surface area is 75.6 Å². The van der Waals surface area contributed by atoms with Gasteiger partial charge in [0.15, 0.2) is 0 Å². The van der Waals surface area contributed by atoms with Crippen molar-refractivity contribution in [3.8, 4) is 0 Å². The van der Waals surface area contributed by atoms with Crippen molar-refractivity contribution in [2.45, 2.75) is 20.0 Å². The van der Waals surface area contributed by atoms with Gasteiger partial charge < -0.3 is 0 Å². The molecule has 0 bridgehead atoms. The van der Waals surface area contributed by atoms with Gasteiger partial charge in [-0.3, -0.25) is 4.55 Å². The van der Waals surface area contributed by atoms with Crippen molar-refractivity contribution in [2.24, 2.45) is 0 Å². The van der Waals surface area contributed by atoms with E-state index in [1.807, 2.05) is 0 Å². The topological polar surface area (TPSA) is 116 Å². The normalized spacial score (nSPS) is 13.5. The fourth-order valence-corrected chi connectivity index (χ4v) is 1.38. The molecule has 13 heavy (non-hydrogen) atoms. The molecule has 0 aromatic carbocycles. The highest BCUT2D eigenvalue weighted by molar-refractivity contribution is 7.83. The summed E-state index contributed by atoms with van der Waals surface area (Å²) in [6.45, 7) is 2.74. The van der Waals surface area contributed by atoms with Crippen LogP contribution in [0.1, 0.15) is 13.8 Å². The molecule has 0 spiro atoms. The van der Waals surface area contributed by atoms with Gasteiger partial charge in [-0.1, -0.05) is 8.67 Å². The van der Waals surface area contributed by atoms with Crippen molar-refractivity contribution in [2.75, 3.05) is 0 Å². The molecule has 10 heteroatoms. The predicted molar refractivity (Wildman–Crippen MR) is 38.9 cm³/mol. The predicted octanol–water partition coefficient (Wildman–Crippen LogP) is -0.593. The third-order valence-electron chi connectivity index (χ3n) is 0.507. The number of rotatable bonds is 5. The quantitative estimate of drug-likeness (QED) is 0.382. The minimum Gasteiger partial charge on any atom is -0.262 e. The van der Waals surface area contributed by atoms with Crippen molar-refractivity contribution in [3.05, 3.63) is 0 Å². The summed E-state index contributed by atoms with van der Waals surface area (Å²) in [5.74, 6) is 0. The molecule has 0 aliphatic rings. The van der Waals surface area contributed by atoms with Gasteiger partial charge in [0.2, 0.25) is 0 Å². The van der Waals surface area contributed by atoms with E-state index in [2.05, 4.69) is 12.9 Å². The summed E-state index contributed by atoms with van der Waals surface area (Å²) in [4.78, 5) is 0. The zero-order valence-electron chi connectivity index (χ0n) is 6.70. The molecular formula is C3H8O8S2. The fourth-order valence-electron chi connectivity index (χ4n) is 0.321. The van der Waals surface area contributed by atoms with Crippen LogP contribution in [0.5, 0.6) is 0 Å². The number of hydrogen-bond acceptors (Lipinski definition) is 7. The second-order valence-corrected chi connectivity index (χ2v) is 4.25. The number of hydrogen-bond donors (Lipinski definition) is 1. The van der Waals surface area contributed by atoms with Crippen LogP contribution in [0.4, 0.5) is 0 Å². The Balaban J connectivity index is 4.22. The monoisotopic (exact) mass is 236 g/mol. The average Bonchev–Trinajstić information content (AvgIpc) is 1.79. The molecule has 8 nitrogen and oxygen atoms in total. The van der Waals surface area contributed by atoms with Gasteiger partial charge in [-0.05, 0) is 13.8 Å². The van der Waals surface area contributed by atoms with Crippen molar-refractivity contribution in [3.63, 3.8) is 0 Å². The molecule has 0 heterocycles. The minimum absolute atomic E-state index is 0.741. The first kappa shape index (κ1) is 12.7. The molecule has 0 radical (unpaired) electrons. The summed E-state index contributed by atoms with van der Waals surface area (Å²) >= 11 is 0. The molecule has 0 unspecified atom stereocenters. The summed E-state index contributed by atoms with van der Waals surface area (Å²) in [5.41, 5.74) is 0. The van der Waals surface area contributed by atoms with Crippen molar-refractivity contribution in [1.82, 2.24) is 0 Å². The summed E-state index contributed by atoms with van der Waals surface area (Å²) in [6.07, 6.45) is -0.741. The van der Waals surface area contributed by atoms with E-state index < -0.39 is 26.9 Å². The van der Waals surface area contributed by atoms with Crippen molar-refractivity contribution in [1.29, 1.82) is 0 Å².